The van der Waals surface area contributed by atoms with Gasteiger partial charge in [-0.15, -0.1) is 0 Å². The van der Waals surface area contributed by atoms with Crippen molar-refractivity contribution in [2.45, 2.75) is 12.3 Å². The van der Waals surface area contributed by atoms with Gasteiger partial charge in [0.15, 0.2) is 0 Å². The number of rotatable bonds is 4. The molecule has 2 aromatic rings. The maximum atomic E-state index is 12.8. The molecule has 1 unspecified atom stereocenters. The minimum absolute atomic E-state index is 0.0240. The van der Waals surface area contributed by atoms with Crippen LogP contribution >= 0.6 is 0 Å². The summed E-state index contributed by atoms with van der Waals surface area (Å²) in [4.78, 5) is 24.6. The van der Waals surface area contributed by atoms with Crippen LogP contribution in [0.3, 0.4) is 0 Å². The number of ether oxygens (including phenoxy) is 1. The Labute approximate surface area is 159 Å². The molecule has 1 atom stereocenters. The molecule has 0 aromatic heterocycles. The van der Waals surface area contributed by atoms with Crippen molar-refractivity contribution >= 4 is 23.2 Å². The first-order valence-corrected chi connectivity index (χ1v) is 8.55. The second kappa shape index (κ2) is 8.41. The number of carbonyl (C=O) groups is 2. The van der Waals surface area contributed by atoms with Crippen LogP contribution in [0.25, 0.3) is 0 Å². The van der Waals surface area contributed by atoms with Gasteiger partial charge in [-0.2, -0.15) is 13.2 Å². The Morgan fingerprint density at radius 2 is 1.75 bits per heavy atom. The van der Waals surface area contributed by atoms with Gasteiger partial charge in [-0.3, -0.25) is 9.59 Å². The van der Waals surface area contributed by atoms with Crippen LogP contribution in [0.1, 0.15) is 15.9 Å². The van der Waals surface area contributed by atoms with Gasteiger partial charge in [-0.1, -0.05) is 12.1 Å². The number of benzene rings is 2. The predicted molar refractivity (Wildman–Crippen MR) is 97.1 cm³/mol. The maximum Gasteiger partial charge on any atom is 0.416 e. The van der Waals surface area contributed by atoms with Gasteiger partial charge in [0.1, 0.15) is 6.10 Å². The monoisotopic (exact) mass is 393 g/mol. The highest BCUT2D eigenvalue weighted by atomic mass is 19.4. The van der Waals surface area contributed by atoms with Gasteiger partial charge in [-0.25, -0.2) is 0 Å². The summed E-state index contributed by atoms with van der Waals surface area (Å²) in [6.07, 6.45) is -5.13. The number of hydrogen-bond donors (Lipinski definition) is 3. The molecule has 1 aliphatic heterocycles. The average Bonchev–Trinajstić information content (AvgIpc) is 2.68. The molecule has 0 bridgehead atoms. The van der Waals surface area contributed by atoms with E-state index in [1.54, 1.807) is 12.1 Å². The highest BCUT2D eigenvalue weighted by Gasteiger charge is 2.30. The molecule has 2 amide bonds. The Morgan fingerprint density at radius 1 is 1.04 bits per heavy atom. The molecular weight excluding hydrogens is 375 g/mol. The molecule has 28 heavy (non-hydrogen) atoms. The van der Waals surface area contributed by atoms with Gasteiger partial charge in [-0.05, 0) is 36.4 Å². The van der Waals surface area contributed by atoms with Crippen LogP contribution < -0.4 is 16.0 Å². The van der Waals surface area contributed by atoms with Crippen molar-refractivity contribution in [3.8, 4) is 0 Å². The van der Waals surface area contributed by atoms with E-state index in [0.29, 0.717) is 25.4 Å². The summed E-state index contributed by atoms with van der Waals surface area (Å²) in [5.74, 6) is -0.936. The number of hydrogen-bond acceptors (Lipinski definition) is 4. The lowest BCUT2D eigenvalue weighted by atomic mass is 10.1. The molecule has 1 fully saturated rings. The van der Waals surface area contributed by atoms with Crippen molar-refractivity contribution in [3.63, 3.8) is 0 Å². The largest absolute Gasteiger partial charge is 0.416 e. The van der Waals surface area contributed by atoms with E-state index in [9.17, 15) is 22.8 Å². The van der Waals surface area contributed by atoms with Gasteiger partial charge >= 0.3 is 6.18 Å². The summed E-state index contributed by atoms with van der Waals surface area (Å²) in [7, 11) is 0. The zero-order chi connectivity index (χ0) is 20.1. The maximum absolute atomic E-state index is 12.8. The van der Waals surface area contributed by atoms with Gasteiger partial charge in [0.05, 0.1) is 12.2 Å². The highest BCUT2D eigenvalue weighted by molar-refractivity contribution is 6.05. The molecule has 0 saturated carbocycles. The molecule has 0 aliphatic carbocycles. The first-order valence-electron chi connectivity index (χ1n) is 8.55. The predicted octanol–water partition coefficient (Wildman–Crippen LogP) is 2.88. The lowest BCUT2D eigenvalue weighted by Crippen LogP contribution is -2.45. The number of halogens is 3. The third kappa shape index (κ3) is 5.08. The molecule has 2 aromatic carbocycles. The van der Waals surface area contributed by atoms with E-state index in [1.807, 2.05) is 0 Å². The average molecular weight is 393 g/mol. The fraction of sp³-hybridized carbons (Fsp3) is 0.263. The van der Waals surface area contributed by atoms with E-state index in [1.165, 1.54) is 24.3 Å². The van der Waals surface area contributed by atoms with E-state index in [-0.39, 0.29) is 17.2 Å². The second-order valence-corrected chi connectivity index (χ2v) is 6.17. The topological polar surface area (TPSA) is 79.5 Å². The summed E-state index contributed by atoms with van der Waals surface area (Å²) in [5, 5.41) is 8.14. The highest BCUT2D eigenvalue weighted by Crippen LogP contribution is 2.30. The molecular formula is C19H18F3N3O3. The summed E-state index contributed by atoms with van der Waals surface area (Å²) in [6.45, 7) is 1.49. The lowest BCUT2D eigenvalue weighted by Gasteiger charge is -2.22. The zero-order valence-corrected chi connectivity index (χ0v) is 14.7. The van der Waals surface area contributed by atoms with Crippen LogP contribution in [0.4, 0.5) is 24.5 Å². The lowest BCUT2D eigenvalue weighted by molar-refractivity contribution is -0.137. The molecule has 3 rings (SSSR count). The number of amides is 2. The Balaban J connectivity index is 1.68. The molecule has 6 nitrogen and oxygen atoms in total. The Hall–Kier alpha value is -2.91. The summed E-state index contributed by atoms with van der Waals surface area (Å²) < 4.78 is 43.7. The van der Waals surface area contributed by atoms with E-state index in [0.717, 1.165) is 12.1 Å². The first kappa shape index (κ1) is 19.8. The van der Waals surface area contributed by atoms with E-state index >= 15 is 0 Å². The van der Waals surface area contributed by atoms with Crippen LogP contribution in [0.5, 0.6) is 0 Å². The van der Waals surface area contributed by atoms with E-state index in [2.05, 4.69) is 16.0 Å². The molecule has 1 saturated heterocycles. The molecule has 9 heteroatoms. The van der Waals surface area contributed by atoms with Crippen molar-refractivity contribution in [2.75, 3.05) is 30.3 Å². The van der Waals surface area contributed by atoms with Gasteiger partial charge in [0.25, 0.3) is 11.8 Å². The Bertz CT molecular complexity index is 865. The SMILES string of the molecule is O=C(Nc1cccc(C(F)(F)F)c1)c1cccc(NC(=O)C2CNCCO2)c1. The Morgan fingerprint density at radius 3 is 2.43 bits per heavy atom. The van der Waals surface area contributed by atoms with Gasteiger partial charge in [0.2, 0.25) is 0 Å². The van der Waals surface area contributed by atoms with Crippen molar-refractivity contribution < 1.29 is 27.5 Å². The number of morpholine rings is 1. The van der Waals surface area contributed by atoms with Crippen LogP contribution in [-0.2, 0) is 15.7 Å². The third-order valence-corrected chi connectivity index (χ3v) is 4.06. The number of nitrogens with one attached hydrogen (secondary N) is 3. The third-order valence-electron chi connectivity index (χ3n) is 4.06. The molecule has 0 radical (unpaired) electrons. The molecule has 1 heterocycles. The van der Waals surface area contributed by atoms with Crippen molar-refractivity contribution in [1.29, 1.82) is 0 Å². The first-order chi connectivity index (χ1) is 13.3. The minimum Gasteiger partial charge on any atom is -0.366 e. The summed E-state index contributed by atoms with van der Waals surface area (Å²) >= 11 is 0. The second-order valence-electron chi connectivity index (χ2n) is 6.17. The van der Waals surface area contributed by atoms with Gasteiger partial charge in [0, 0.05) is 30.0 Å². The van der Waals surface area contributed by atoms with Crippen LogP contribution in [0.15, 0.2) is 48.5 Å². The minimum atomic E-state index is -4.50. The zero-order valence-electron chi connectivity index (χ0n) is 14.7. The van der Waals surface area contributed by atoms with Gasteiger partial charge < -0.3 is 20.7 Å². The van der Waals surface area contributed by atoms with E-state index < -0.39 is 23.8 Å². The fourth-order valence-corrected chi connectivity index (χ4v) is 2.67. The summed E-state index contributed by atoms with van der Waals surface area (Å²) in [6, 6.07) is 10.5. The molecule has 148 valence electrons. The Kier molecular flexibility index (Phi) is 5.96. The summed E-state index contributed by atoms with van der Waals surface area (Å²) in [5.41, 5.74) is -0.253. The molecule has 3 N–H and O–H groups in total. The molecule has 0 spiro atoms. The smallest absolute Gasteiger partial charge is 0.366 e. The van der Waals surface area contributed by atoms with Crippen LogP contribution in [0, 0.1) is 0 Å². The number of alkyl halides is 3. The number of carbonyl (C=O) groups excluding carboxylic acids is 2. The van der Waals surface area contributed by atoms with Crippen molar-refractivity contribution in [3.05, 3.63) is 59.7 Å². The van der Waals surface area contributed by atoms with Crippen LogP contribution in [0.2, 0.25) is 0 Å². The van der Waals surface area contributed by atoms with Crippen LogP contribution in [-0.4, -0.2) is 37.6 Å². The van der Waals surface area contributed by atoms with Crippen molar-refractivity contribution in [2.24, 2.45) is 0 Å². The molecule has 1 aliphatic rings. The normalized spacial score (nSPS) is 17.0. The number of anilines is 2. The quantitative estimate of drug-likeness (QED) is 0.746. The fourth-order valence-electron chi connectivity index (χ4n) is 2.67. The van der Waals surface area contributed by atoms with E-state index in [4.69, 9.17) is 4.74 Å². The standard InChI is InChI=1S/C19H18F3N3O3/c20-19(21,22)13-4-2-6-15(10-13)24-17(26)12-3-1-5-14(9-12)25-18(27)16-11-23-7-8-28-16/h1-6,9-10,16,23H,7-8,11H2,(H,24,26)(H,25,27). The van der Waals surface area contributed by atoms with Crippen molar-refractivity contribution in [1.82, 2.24) is 5.32 Å².